The van der Waals surface area contributed by atoms with Crippen molar-refractivity contribution in [2.45, 2.75) is 13.0 Å². The van der Waals surface area contributed by atoms with Crippen molar-refractivity contribution in [3.05, 3.63) is 59.2 Å². The number of ketones is 1. The fourth-order valence-electron chi connectivity index (χ4n) is 4.27. The Morgan fingerprint density at radius 2 is 1.71 bits per heavy atom. The molecule has 3 heterocycles. The van der Waals surface area contributed by atoms with E-state index in [0.717, 1.165) is 57.2 Å². The van der Waals surface area contributed by atoms with E-state index in [2.05, 4.69) is 28.0 Å². The molecule has 6 nitrogen and oxygen atoms in total. The average Bonchev–Trinajstić information content (AvgIpc) is 3.28. The highest BCUT2D eigenvalue weighted by atomic mass is 16.5. The van der Waals surface area contributed by atoms with Gasteiger partial charge in [-0.2, -0.15) is 0 Å². The van der Waals surface area contributed by atoms with Crippen molar-refractivity contribution in [3.63, 3.8) is 0 Å². The van der Waals surface area contributed by atoms with E-state index in [1.807, 2.05) is 12.1 Å². The molecule has 0 unspecified atom stereocenters. The van der Waals surface area contributed by atoms with Gasteiger partial charge in [0.2, 0.25) is 0 Å². The van der Waals surface area contributed by atoms with Gasteiger partial charge in [-0.15, -0.1) is 0 Å². The number of amides is 1. The molecule has 28 heavy (non-hydrogen) atoms. The predicted molar refractivity (Wildman–Crippen MR) is 106 cm³/mol. The van der Waals surface area contributed by atoms with Gasteiger partial charge in [0, 0.05) is 39.1 Å². The molecule has 0 aliphatic carbocycles. The molecule has 1 saturated heterocycles. The Morgan fingerprint density at radius 3 is 2.57 bits per heavy atom. The standard InChI is InChI=1S/C22H23N3O3/c26-21-18-3-1-2-4-19(18)25(22(21)27)15-24-10-8-23(9-11-24)14-16-5-6-20-17(13-16)7-12-28-20/h1-6,13H,7-12,14-15H2. The third-order valence-electron chi connectivity index (χ3n) is 5.85. The minimum Gasteiger partial charge on any atom is -0.493 e. The van der Waals surface area contributed by atoms with Gasteiger partial charge >= 0.3 is 5.91 Å². The summed E-state index contributed by atoms with van der Waals surface area (Å²) in [4.78, 5) is 30.8. The lowest BCUT2D eigenvalue weighted by Crippen LogP contribution is -2.50. The van der Waals surface area contributed by atoms with Crippen molar-refractivity contribution in [1.82, 2.24) is 9.80 Å². The third kappa shape index (κ3) is 3.08. The number of ether oxygens (including phenoxy) is 1. The molecule has 0 radical (unpaired) electrons. The van der Waals surface area contributed by atoms with Crippen molar-refractivity contribution >= 4 is 17.4 Å². The Labute approximate surface area is 164 Å². The van der Waals surface area contributed by atoms with Gasteiger partial charge in [0.1, 0.15) is 5.75 Å². The van der Waals surface area contributed by atoms with Gasteiger partial charge in [-0.1, -0.05) is 24.3 Å². The molecule has 6 heteroatoms. The number of hydrogen-bond donors (Lipinski definition) is 0. The quantitative estimate of drug-likeness (QED) is 0.762. The van der Waals surface area contributed by atoms with Crippen LogP contribution in [0.25, 0.3) is 0 Å². The summed E-state index contributed by atoms with van der Waals surface area (Å²) in [6.07, 6.45) is 1.00. The average molecular weight is 377 g/mol. The topological polar surface area (TPSA) is 53.1 Å². The zero-order valence-electron chi connectivity index (χ0n) is 15.8. The summed E-state index contributed by atoms with van der Waals surface area (Å²) < 4.78 is 5.59. The molecule has 2 aromatic carbocycles. The molecule has 144 valence electrons. The molecule has 2 aromatic rings. The van der Waals surface area contributed by atoms with E-state index in [1.54, 1.807) is 17.0 Å². The van der Waals surface area contributed by atoms with Crippen molar-refractivity contribution in [3.8, 4) is 5.75 Å². The summed E-state index contributed by atoms with van der Waals surface area (Å²) in [5.74, 6) is 0.220. The zero-order valence-corrected chi connectivity index (χ0v) is 15.8. The molecule has 1 amide bonds. The van der Waals surface area contributed by atoms with Gasteiger partial charge in [0.25, 0.3) is 5.78 Å². The van der Waals surface area contributed by atoms with Crippen molar-refractivity contribution in [2.75, 3.05) is 44.4 Å². The van der Waals surface area contributed by atoms with Gasteiger partial charge in [0.15, 0.2) is 0 Å². The highest BCUT2D eigenvalue weighted by molar-refractivity contribution is 6.52. The largest absolute Gasteiger partial charge is 0.493 e. The van der Waals surface area contributed by atoms with Crippen LogP contribution in [0.15, 0.2) is 42.5 Å². The highest BCUT2D eigenvalue weighted by Crippen LogP contribution is 2.29. The van der Waals surface area contributed by atoms with Crippen LogP contribution in [0.4, 0.5) is 5.69 Å². The van der Waals surface area contributed by atoms with Gasteiger partial charge in [-0.05, 0) is 29.3 Å². The Hall–Kier alpha value is -2.70. The number of para-hydroxylation sites is 1. The van der Waals surface area contributed by atoms with E-state index in [4.69, 9.17) is 4.74 Å². The highest BCUT2D eigenvalue weighted by Gasteiger charge is 2.36. The second-order valence-corrected chi connectivity index (χ2v) is 7.66. The first-order valence-electron chi connectivity index (χ1n) is 9.83. The smallest absolute Gasteiger partial charge is 0.300 e. The monoisotopic (exact) mass is 377 g/mol. The maximum Gasteiger partial charge on any atom is 0.300 e. The fourth-order valence-corrected chi connectivity index (χ4v) is 4.27. The maximum absolute atomic E-state index is 12.4. The summed E-state index contributed by atoms with van der Waals surface area (Å²) in [6.45, 7) is 5.87. The number of carbonyl (C=O) groups is 2. The first kappa shape index (κ1) is 17.4. The first-order valence-corrected chi connectivity index (χ1v) is 9.83. The Kier molecular flexibility index (Phi) is 4.37. The van der Waals surface area contributed by atoms with Crippen LogP contribution in [0.1, 0.15) is 21.5 Å². The number of rotatable bonds is 4. The molecule has 0 aromatic heterocycles. The number of piperazine rings is 1. The van der Waals surface area contributed by atoms with Gasteiger partial charge in [0.05, 0.1) is 24.5 Å². The lowest BCUT2D eigenvalue weighted by Gasteiger charge is -2.36. The maximum atomic E-state index is 12.4. The minimum absolute atomic E-state index is 0.394. The van der Waals surface area contributed by atoms with E-state index >= 15 is 0 Å². The second-order valence-electron chi connectivity index (χ2n) is 7.66. The molecular weight excluding hydrogens is 354 g/mol. The van der Waals surface area contributed by atoms with Crippen LogP contribution in [0.2, 0.25) is 0 Å². The van der Waals surface area contributed by atoms with Crippen LogP contribution < -0.4 is 9.64 Å². The number of hydrogen-bond acceptors (Lipinski definition) is 5. The molecule has 0 bridgehead atoms. The first-order chi connectivity index (χ1) is 13.7. The summed E-state index contributed by atoms with van der Waals surface area (Å²) >= 11 is 0. The SMILES string of the molecule is O=C1C(=O)N(CN2CCN(Cc3ccc4c(c3)CCO4)CC2)c2ccccc21. The number of fused-ring (bicyclic) bond motifs is 2. The van der Waals surface area contributed by atoms with Gasteiger partial charge in [-0.3, -0.25) is 24.3 Å². The summed E-state index contributed by atoms with van der Waals surface area (Å²) in [7, 11) is 0. The number of Topliss-reactive ketones (excluding diaryl/α,β-unsaturated/α-hetero) is 1. The Bertz CT molecular complexity index is 934. The van der Waals surface area contributed by atoms with E-state index in [9.17, 15) is 9.59 Å². The van der Waals surface area contributed by atoms with Crippen LogP contribution in [0, 0.1) is 0 Å². The van der Waals surface area contributed by atoms with Gasteiger partial charge < -0.3 is 4.74 Å². The number of nitrogens with zero attached hydrogens (tertiary/aromatic N) is 3. The Morgan fingerprint density at radius 1 is 0.929 bits per heavy atom. The van der Waals surface area contributed by atoms with E-state index < -0.39 is 11.7 Å². The normalized spacial score (nSPS) is 19.6. The molecule has 3 aliphatic heterocycles. The lowest BCUT2D eigenvalue weighted by atomic mass is 10.1. The second kappa shape index (κ2) is 7.04. The van der Waals surface area contributed by atoms with E-state index in [1.165, 1.54) is 11.1 Å². The molecular formula is C22H23N3O3. The van der Waals surface area contributed by atoms with Crippen LogP contribution in [-0.4, -0.2) is 60.9 Å². The summed E-state index contributed by atoms with van der Waals surface area (Å²) in [5, 5.41) is 0. The van der Waals surface area contributed by atoms with E-state index in [-0.39, 0.29) is 0 Å². The van der Waals surface area contributed by atoms with Gasteiger partial charge in [-0.25, -0.2) is 0 Å². The van der Waals surface area contributed by atoms with Crippen LogP contribution in [-0.2, 0) is 17.8 Å². The molecule has 0 saturated carbocycles. The van der Waals surface area contributed by atoms with E-state index in [0.29, 0.717) is 12.2 Å². The molecule has 5 rings (SSSR count). The Balaban J connectivity index is 1.19. The third-order valence-corrected chi connectivity index (χ3v) is 5.85. The van der Waals surface area contributed by atoms with Crippen molar-refractivity contribution in [2.24, 2.45) is 0 Å². The number of anilines is 1. The summed E-state index contributed by atoms with van der Waals surface area (Å²) in [5.41, 5.74) is 3.89. The number of carbonyl (C=O) groups excluding carboxylic acids is 2. The predicted octanol–water partition coefficient (Wildman–Crippen LogP) is 1.93. The molecule has 0 spiro atoms. The molecule has 0 N–H and O–H groups in total. The fraction of sp³-hybridized carbons (Fsp3) is 0.364. The summed E-state index contributed by atoms with van der Waals surface area (Å²) in [6, 6.07) is 13.8. The molecule has 0 atom stereocenters. The molecule has 3 aliphatic rings. The lowest BCUT2D eigenvalue weighted by molar-refractivity contribution is -0.114. The zero-order chi connectivity index (χ0) is 19.1. The number of benzene rings is 2. The van der Waals surface area contributed by atoms with Crippen LogP contribution in [0.3, 0.4) is 0 Å². The molecule has 1 fully saturated rings. The van der Waals surface area contributed by atoms with Crippen molar-refractivity contribution in [1.29, 1.82) is 0 Å². The van der Waals surface area contributed by atoms with Crippen molar-refractivity contribution < 1.29 is 14.3 Å². The van der Waals surface area contributed by atoms with Crippen LogP contribution >= 0.6 is 0 Å². The van der Waals surface area contributed by atoms with Crippen LogP contribution in [0.5, 0.6) is 5.75 Å². The minimum atomic E-state index is -0.413.